The molecule has 0 saturated carbocycles. The molecule has 2 aliphatic rings. The molecule has 9 aromatic rings. The maximum absolute atomic E-state index is 2.50. The van der Waals surface area contributed by atoms with Crippen molar-refractivity contribution in [2.45, 2.75) is 85.0 Å². The van der Waals surface area contributed by atoms with Crippen LogP contribution in [0.4, 0.5) is 17.1 Å². The molecule has 0 amide bonds. The van der Waals surface area contributed by atoms with E-state index in [4.69, 9.17) is 0 Å². The Kier molecular flexibility index (Phi) is 10.4. The van der Waals surface area contributed by atoms with Gasteiger partial charge in [0.1, 0.15) is 0 Å². The van der Waals surface area contributed by atoms with Crippen molar-refractivity contribution in [1.82, 2.24) is 0 Å². The number of rotatable bonds is 8. The third-order valence-corrected chi connectivity index (χ3v) is 15.0. The Morgan fingerprint density at radius 3 is 1.56 bits per heavy atom. The molecule has 0 fully saturated rings. The first-order chi connectivity index (χ1) is 32.6. The average Bonchev–Trinajstić information content (AvgIpc) is 3.77. The van der Waals surface area contributed by atoms with Gasteiger partial charge in [-0.15, -0.1) is 0 Å². The van der Waals surface area contributed by atoms with Gasteiger partial charge in [0, 0.05) is 22.5 Å². The van der Waals surface area contributed by atoms with Crippen molar-refractivity contribution >= 4 is 39.0 Å². The number of fused-ring (bicyclic) bond motifs is 3. The van der Waals surface area contributed by atoms with Gasteiger partial charge in [0.05, 0.1) is 0 Å². The maximum atomic E-state index is 2.50. The Bertz CT molecular complexity index is 3370. The van der Waals surface area contributed by atoms with E-state index in [0.717, 1.165) is 23.5 Å². The van der Waals surface area contributed by atoms with Crippen molar-refractivity contribution in [2.75, 3.05) is 4.90 Å². The van der Waals surface area contributed by atoms with Gasteiger partial charge in [-0.25, -0.2) is 0 Å². The van der Waals surface area contributed by atoms with Crippen LogP contribution in [-0.2, 0) is 22.7 Å². The van der Waals surface area contributed by atoms with Gasteiger partial charge in [-0.05, 0) is 178 Å². The normalized spacial score (nSPS) is 13.8. The molecule has 68 heavy (non-hydrogen) atoms. The summed E-state index contributed by atoms with van der Waals surface area (Å²) in [6.45, 7) is 20.7. The molecule has 2 aliphatic carbocycles. The van der Waals surface area contributed by atoms with Crippen LogP contribution in [0.25, 0.3) is 55.3 Å². The summed E-state index contributed by atoms with van der Waals surface area (Å²) in [5.74, 6) is 0. The number of hydrogen-bond donors (Lipinski definition) is 0. The summed E-state index contributed by atoms with van der Waals surface area (Å²) in [5, 5.41) is 2.66. The highest BCUT2D eigenvalue weighted by atomic mass is 15.1. The lowest BCUT2D eigenvalue weighted by atomic mass is 9.81. The molecule has 0 unspecified atom stereocenters. The molecular formula is C67H61N. The predicted molar refractivity (Wildman–Crippen MR) is 292 cm³/mol. The van der Waals surface area contributed by atoms with E-state index >= 15 is 0 Å². The number of aryl methyl sites for hydroxylation is 1. The third kappa shape index (κ3) is 7.50. The van der Waals surface area contributed by atoms with E-state index in [-0.39, 0.29) is 16.2 Å². The second-order valence-corrected chi connectivity index (χ2v) is 21.9. The van der Waals surface area contributed by atoms with Crippen LogP contribution in [0.1, 0.15) is 105 Å². The van der Waals surface area contributed by atoms with E-state index < -0.39 is 0 Å². The van der Waals surface area contributed by atoms with Crippen LogP contribution in [0.2, 0.25) is 0 Å². The quantitative estimate of drug-likeness (QED) is 0.147. The molecule has 0 saturated heterocycles. The van der Waals surface area contributed by atoms with Crippen LogP contribution in [-0.4, -0.2) is 0 Å². The van der Waals surface area contributed by atoms with Gasteiger partial charge in [0.25, 0.3) is 0 Å². The highest BCUT2D eigenvalue weighted by molar-refractivity contribution is 6.18. The molecule has 0 spiro atoms. The zero-order valence-corrected chi connectivity index (χ0v) is 41.1. The van der Waals surface area contributed by atoms with Gasteiger partial charge in [0.15, 0.2) is 0 Å². The van der Waals surface area contributed by atoms with Gasteiger partial charge >= 0.3 is 0 Å². The zero-order chi connectivity index (χ0) is 47.1. The Morgan fingerprint density at radius 1 is 0.412 bits per heavy atom. The van der Waals surface area contributed by atoms with Crippen molar-refractivity contribution in [1.29, 1.82) is 0 Å². The monoisotopic (exact) mass is 879 g/mol. The first kappa shape index (κ1) is 43.4. The Hall–Kier alpha value is -7.22. The number of nitrogens with zero attached hydrogens (tertiary/aromatic N) is 1. The molecule has 0 aliphatic heterocycles. The van der Waals surface area contributed by atoms with E-state index in [0.29, 0.717) is 0 Å². The molecule has 1 heteroatoms. The van der Waals surface area contributed by atoms with E-state index in [1.54, 1.807) is 0 Å². The second-order valence-electron chi connectivity index (χ2n) is 21.9. The average molecular weight is 880 g/mol. The highest BCUT2D eigenvalue weighted by Crippen LogP contribution is 2.51. The molecule has 9 aromatic carbocycles. The predicted octanol–water partition coefficient (Wildman–Crippen LogP) is 18.4. The molecule has 334 valence electrons. The van der Waals surface area contributed by atoms with Crippen molar-refractivity contribution < 1.29 is 0 Å². The summed E-state index contributed by atoms with van der Waals surface area (Å²) in [5.41, 5.74) is 26.0. The SMILES string of the molecule is Cc1ccc(-c2cccc(-c3ccc(N(c4ccc(C(C)(C)C)cc4)c4ccc(C(C)(C)C)cc4)cc3)c2)cc1C1=C(Cc2ccc3c(c2)C(C)(C)c2ccccc2-3)c2cccc3cccc1c23. The zero-order valence-electron chi connectivity index (χ0n) is 41.1. The van der Waals surface area contributed by atoms with Crippen molar-refractivity contribution in [2.24, 2.45) is 0 Å². The number of hydrogen-bond acceptors (Lipinski definition) is 1. The van der Waals surface area contributed by atoms with Gasteiger partial charge in [-0.3, -0.25) is 0 Å². The van der Waals surface area contributed by atoms with Crippen LogP contribution in [0, 0.1) is 6.92 Å². The molecule has 1 nitrogen and oxygen atoms in total. The maximum Gasteiger partial charge on any atom is 0.0462 e. The first-order valence-corrected chi connectivity index (χ1v) is 24.5. The van der Waals surface area contributed by atoms with Crippen molar-refractivity contribution in [3.8, 4) is 33.4 Å². The van der Waals surface area contributed by atoms with E-state index in [1.807, 2.05) is 0 Å². The van der Waals surface area contributed by atoms with Crippen molar-refractivity contribution in [3.63, 3.8) is 0 Å². The third-order valence-electron chi connectivity index (χ3n) is 15.0. The van der Waals surface area contributed by atoms with E-state index in [2.05, 4.69) is 261 Å². The molecule has 0 bridgehead atoms. The fraction of sp³-hybridized carbons (Fsp3) is 0.194. The first-order valence-electron chi connectivity index (χ1n) is 24.5. The summed E-state index contributed by atoms with van der Waals surface area (Å²) in [7, 11) is 0. The van der Waals surface area contributed by atoms with Crippen LogP contribution < -0.4 is 4.90 Å². The van der Waals surface area contributed by atoms with Gasteiger partial charge < -0.3 is 4.90 Å². The number of anilines is 3. The Labute approximate surface area is 404 Å². The van der Waals surface area contributed by atoms with Crippen LogP contribution in [0.15, 0.2) is 194 Å². The van der Waals surface area contributed by atoms with Gasteiger partial charge in [0.2, 0.25) is 0 Å². The fourth-order valence-electron chi connectivity index (χ4n) is 11.1. The number of allylic oxidation sites excluding steroid dienone is 1. The van der Waals surface area contributed by atoms with Crippen LogP contribution >= 0.6 is 0 Å². The minimum atomic E-state index is -0.0442. The summed E-state index contributed by atoms with van der Waals surface area (Å²) in [6, 6.07) is 73.3. The molecule has 0 atom stereocenters. The number of benzene rings is 9. The van der Waals surface area contributed by atoms with Crippen molar-refractivity contribution in [3.05, 3.63) is 244 Å². The highest BCUT2D eigenvalue weighted by Gasteiger charge is 2.36. The van der Waals surface area contributed by atoms with E-state index in [9.17, 15) is 0 Å². The van der Waals surface area contributed by atoms with Crippen LogP contribution in [0.3, 0.4) is 0 Å². The Morgan fingerprint density at radius 2 is 0.926 bits per heavy atom. The Balaban J connectivity index is 0.950. The molecule has 0 N–H and O–H groups in total. The summed E-state index contributed by atoms with van der Waals surface area (Å²) in [6.07, 6.45) is 0.861. The second kappa shape index (κ2) is 16.2. The molecule has 0 radical (unpaired) electrons. The summed E-state index contributed by atoms with van der Waals surface area (Å²) >= 11 is 0. The minimum absolute atomic E-state index is 0.0442. The largest absolute Gasteiger partial charge is 0.311 e. The molecular weight excluding hydrogens is 819 g/mol. The molecule has 0 heterocycles. The smallest absolute Gasteiger partial charge is 0.0462 e. The summed E-state index contributed by atoms with van der Waals surface area (Å²) < 4.78 is 0. The van der Waals surface area contributed by atoms with Crippen LogP contribution in [0.5, 0.6) is 0 Å². The standard InChI is InChI=1S/C67H61N/c1-43-23-25-49(42-59(43)64-58-21-14-16-46-15-13-20-57(63(46)58)60(64)39-44-24-38-56-55-19-10-11-22-61(55)67(8,9)62(56)40-44)48-18-12-17-47(41-48)45-26-32-52(33-27-45)68(53-34-28-50(29-35-53)65(2,3)4)54-36-30-51(31-37-54)66(5,6)7/h10-38,40-42H,39H2,1-9H3. The molecule has 0 aromatic heterocycles. The topological polar surface area (TPSA) is 3.24 Å². The van der Waals surface area contributed by atoms with E-state index in [1.165, 1.54) is 105 Å². The lowest BCUT2D eigenvalue weighted by molar-refractivity contribution is 0.590. The van der Waals surface area contributed by atoms with Gasteiger partial charge in [-0.1, -0.05) is 201 Å². The van der Waals surface area contributed by atoms with Gasteiger partial charge in [-0.2, -0.15) is 0 Å². The molecule has 11 rings (SSSR count). The minimum Gasteiger partial charge on any atom is -0.311 e. The fourth-order valence-corrected chi connectivity index (χ4v) is 11.1. The summed E-state index contributed by atoms with van der Waals surface area (Å²) in [4.78, 5) is 2.38. The lowest BCUT2D eigenvalue weighted by Crippen LogP contribution is -2.15. The lowest BCUT2D eigenvalue weighted by Gasteiger charge is -2.28.